The van der Waals surface area contributed by atoms with Crippen LogP contribution in [0.3, 0.4) is 0 Å². The first-order valence-corrected chi connectivity index (χ1v) is 15.6. The second-order valence-electron chi connectivity index (χ2n) is 11.4. The lowest BCUT2D eigenvalue weighted by Gasteiger charge is -2.34. The fourth-order valence-corrected chi connectivity index (χ4v) is 10.4. The highest BCUT2D eigenvalue weighted by Gasteiger charge is 2.37. The van der Waals surface area contributed by atoms with E-state index < -0.39 is 0 Å². The largest absolute Gasteiger partial charge is 0.307 e. The summed E-state index contributed by atoms with van der Waals surface area (Å²) in [6, 6.07) is 43.7. The molecule has 3 heterocycles. The lowest BCUT2D eigenvalue weighted by atomic mass is 9.36. The molecule has 1 aliphatic carbocycles. The van der Waals surface area contributed by atoms with Crippen LogP contribution in [-0.4, -0.2) is 11.3 Å². The topological polar surface area (TPSA) is 4.93 Å². The molecule has 0 radical (unpaired) electrons. The maximum atomic E-state index is 2.59. The van der Waals surface area contributed by atoms with Crippen molar-refractivity contribution in [3.63, 3.8) is 0 Å². The molecule has 0 saturated carbocycles. The molecule has 1 nitrogen and oxygen atoms in total. The summed E-state index contributed by atoms with van der Waals surface area (Å²) in [5.74, 6) is 0. The van der Waals surface area contributed by atoms with Gasteiger partial charge in [-0.2, -0.15) is 0 Å². The first kappa shape index (κ1) is 22.1. The van der Waals surface area contributed by atoms with E-state index in [1.165, 1.54) is 79.7 Å². The Kier molecular flexibility index (Phi) is 4.32. The van der Waals surface area contributed by atoms with Crippen LogP contribution in [0, 0.1) is 4.51 Å². The van der Waals surface area contributed by atoms with Crippen molar-refractivity contribution in [3.05, 3.63) is 143 Å². The zero-order valence-electron chi connectivity index (χ0n) is 22.3. The van der Waals surface area contributed by atoms with Gasteiger partial charge in [0.15, 0.2) is 0 Å². The van der Waals surface area contributed by atoms with Gasteiger partial charge < -0.3 is 4.57 Å². The van der Waals surface area contributed by atoms with Crippen LogP contribution in [0.4, 0.5) is 0 Å². The number of nitrogens with zero attached hydrogens (tertiary/aromatic N) is 1. The van der Waals surface area contributed by atoms with Gasteiger partial charge in [0.1, 0.15) is 0 Å². The fourth-order valence-electron chi connectivity index (χ4n) is 7.65. The second kappa shape index (κ2) is 7.99. The third-order valence-corrected chi connectivity index (χ3v) is 11.7. The van der Waals surface area contributed by atoms with Crippen LogP contribution in [0.2, 0.25) is 0 Å². The number of para-hydroxylation sites is 1. The maximum Gasteiger partial charge on any atom is 0.244 e. The van der Waals surface area contributed by atoms with Gasteiger partial charge in [0.2, 0.25) is 6.71 Å². The summed E-state index contributed by atoms with van der Waals surface area (Å²) in [5, 5.41) is 6.79. The smallest absolute Gasteiger partial charge is 0.244 e. The highest BCUT2D eigenvalue weighted by atomic mass is 32.2. The molecule has 41 heavy (non-hydrogen) atoms. The van der Waals surface area contributed by atoms with Crippen LogP contribution in [0.15, 0.2) is 137 Å². The van der Waals surface area contributed by atoms with Crippen molar-refractivity contribution in [2.24, 2.45) is 0 Å². The van der Waals surface area contributed by atoms with Crippen molar-refractivity contribution in [2.75, 3.05) is 0 Å². The predicted molar refractivity (Wildman–Crippen MR) is 176 cm³/mol. The van der Waals surface area contributed by atoms with E-state index in [1.54, 1.807) is 0 Å². The van der Waals surface area contributed by atoms with E-state index in [4.69, 9.17) is 0 Å². The van der Waals surface area contributed by atoms with Crippen LogP contribution in [0.1, 0.15) is 5.56 Å². The summed E-state index contributed by atoms with van der Waals surface area (Å²) in [6.45, 7) is 0.197. The molecule has 1 aromatic heterocycles. The Morgan fingerprint density at radius 2 is 1.51 bits per heavy atom. The Labute approximate surface area is 240 Å². The Morgan fingerprint density at radius 3 is 2.41 bits per heavy atom. The molecule has 3 heteroatoms. The number of fused-ring (bicyclic) bond motifs is 9. The van der Waals surface area contributed by atoms with Gasteiger partial charge in [0.25, 0.3) is 0 Å². The van der Waals surface area contributed by atoms with Crippen molar-refractivity contribution >= 4 is 72.2 Å². The first-order valence-electron chi connectivity index (χ1n) is 14.4. The Morgan fingerprint density at radius 1 is 0.707 bits per heavy atom. The van der Waals surface area contributed by atoms with Gasteiger partial charge in [0.05, 0.1) is 16.7 Å². The Bertz CT molecular complexity index is 2450. The van der Waals surface area contributed by atoms with Crippen molar-refractivity contribution in [3.8, 4) is 5.69 Å². The summed E-state index contributed by atoms with van der Waals surface area (Å²) in [4.78, 5) is 2.97. The molecule has 190 valence electrons. The Hall–Kier alpha value is -4.60. The van der Waals surface area contributed by atoms with Crippen molar-refractivity contribution in [1.82, 2.24) is 4.57 Å². The lowest BCUT2D eigenvalue weighted by Crippen LogP contribution is -2.55. The highest BCUT2D eigenvalue weighted by Crippen LogP contribution is 2.50. The molecule has 10 rings (SSSR count). The number of hydrogen-bond acceptors (Lipinski definition) is 0. The van der Waals surface area contributed by atoms with Gasteiger partial charge in [0, 0.05) is 25.1 Å². The summed E-state index contributed by atoms with van der Waals surface area (Å²) in [6.07, 6.45) is 7.86. The minimum atomic E-state index is -0.209. The van der Waals surface area contributed by atoms with Gasteiger partial charge in [-0.15, -0.1) is 10.5 Å². The lowest BCUT2D eigenvalue weighted by molar-refractivity contribution is 1.11. The average Bonchev–Trinajstić information content (AvgIpc) is 3.38. The quantitative estimate of drug-likeness (QED) is 0.164. The molecule has 0 saturated heterocycles. The number of allylic oxidation sites excluding steroid dienone is 2. The SMILES string of the molecule is C1=CCc2cc3c4c(c2=C1)c1ccccc1n4-c1cccc2c1S=3c1cc3ccccc3cc1B2c1ccccc1. The van der Waals surface area contributed by atoms with E-state index >= 15 is 0 Å². The standard InChI is InChI=1S/C38H24BNS/c1-2-14-27(15-3-1)39-30-18-10-20-33-38(30)41(34-22-25-12-5-4-11-24(25)21-31(34)39)35-23-26-13-6-7-16-28(26)36-29-17-8-9-19-32(29)40(33)37(35)36/h1-12,14-23H,13H2. The molecule has 2 aliphatic heterocycles. The predicted octanol–water partition coefficient (Wildman–Crippen LogP) is 6.61. The molecule has 1 atom stereocenters. The molecular formula is C38H24BNS. The van der Waals surface area contributed by atoms with Crippen molar-refractivity contribution in [1.29, 1.82) is 0 Å². The van der Waals surface area contributed by atoms with Crippen LogP contribution < -0.4 is 21.6 Å². The summed E-state index contributed by atoms with van der Waals surface area (Å²) in [7, 11) is -0.209. The van der Waals surface area contributed by atoms with Gasteiger partial charge in [-0.25, -0.2) is 0 Å². The summed E-state index contributed by atoms with van der Waals surface area (Å²) in [5.41, 5.74) is 9.73. The third-order valence-electron chi connectivity index (χ3n) is 9.31. The van der Waals surface area contributed by atoms with E-state index in [1.807, 2.05) is 0 Å². The zero-order valence-corrected chi connectivity index (χ0v) is 23.2. The molecule has 3 aliphatic rings. The molecule has 0 N–H and O–H groups in total. The number of benzene rings is 6. The summed E-state index contributed by atoms with van der Waals surface area (Å²) >= 11 is 0. The van der Waals surface area contributed by atoms with Crippen LogP contribution in [0.5, 0.6) is 0 Å². The average molecular weight is 537 g/mol. The molecule has 0 amide bonds. The maximum absolute atomic E-state index is 2.59. The summed E-state index contributed by atoms with van der Waals surface area (Å²) < 4.78 is 4.06. The molecule has 0 spiro atoms. The van der Waals surface area contributed by atoms with E-state index in [-0.39, 0.29) is 17.2 Å². The Balaban J connectivity index is 1.50. The highest BCUT2D eigenvalue weighted by molar-refractivity contribution is 8.10. The van der Waals surface area contributed by atoms with E-state index in [9.17, 15) is 0 Å². The molecule has 0 bridgehead atoms. The molecule has 7 aromatic rings. The van der Waals surface area contributed by atoms with Crippen LogP contribution in [-0.2, 0) is 6.42 Å². The molecular weight excluding hydrogens is 513 g/mol. The monoisotopic (exact) mass is 537 g/mol. The second-order valence-corrected chi connectivity index (χ2v) is 13.3. The van der Waals surface area contributed by atoms with Crippen molar-refractivity contribution < 1.29 is 0 Å². The zero-order chi connectivity index (χ0) is 26.7. The molecule has 0 fully saturated rings. The van der Waals surface area contributed by atoms with Crippen LogP contribution >= 0.6 is 10.5 Å². The van der Waals surface area contributed by atoms with E-state index in [0.717, 1.165) is 6.42 Å². The van der Waals surface area contributed by atoms with Gasteiger partial charge in [-0.3, -0.25) is 0 Å². The van der Waals surface area contributed by atoms with Crippen LogP contribution in [0.25, 0.3) is 44.3 Å². The number of rotatable bonds is 1. The number of aromatic nitrogens is 1. The van der Waals surface area contributed by atoms with E-state index in [2.05, 4.69) is 138 Å². The normalized spacial score (nSPS) is 16.0. The van der Waals surface area contributed by atoms with Crippen molar-refractivity contribution in [2.45, 2.75) is 16.2 Å². The van der Waals surface area contributed by atoms with Gasteiger partial charge in [-0.05, 0) is 52.2 Å². The van der Waals surface area contributed by atoms with Gasteiger partial charge >= 0.3 is 0 Å². The fraction of sp³-hybridized carbons (Fsp3) is 0.0263. The first-order chi connectivity index (χ1) is 20.4. The molecule has 6 aromatic carbocycles. The minimum absolute atomic E-state index is 0.197. The third kappa shape index (κ3) is 2.82. The number of hydrogen-bond donors (Lipinski definition) is 0. The molecule has 1 unspecified atom stereocenters. The van der Waals surface area contributed by atoms with E-state index in [0.29, 0.717) is 0 Å². The minimum Gasteiger partial charge on any atom is -0.307 e. The van der Waals surface area contributed by atoms with Gasteiger partial charge in [-0.1, -0.05) is 126 Å².